The Morgan fingerprint density at radius 3 is 2.81 bits per heavy atom. The fourth-order valence-electron chi connectivity index (χ4n) is 2.34. The quantitative estimate of drug-likeness (QED) is 0.724. The number of nitrogens with one attached hydrogen (secondary N) is 1. The number of hydrogen-bond acceptors (Lipinski definition) is 2. The highest BCUT2D eigenvalue weighted by atomic mass is 35.5. The Bertz CT molecular complexity index is 811. The van der Waals surface area contributed by atoms with E-state index in [1.165, 1.54) is 0 Å². The molecule has 0 aliphatic rings. The summed E-state index contributed by atoms with van der Waals surface area (Å²) < 4.78 is 0. The minimum absolute atomic E-state index is 0.305. The van der Waals surface area contributed by atoms with Crippen LogP contribution in [0.4, 0.5) is 0 Å². The summed E-state index contributed by atoms with van der Waals surface area (Å²) in [4.78, 5) is 18.9. The number of aromatic nitrogens is 2. The minimum atomic E-state index is -0.925. The van der Waals surface area contributed by atoms with Gasteiger partial charge in [0.05, 0.1) is 16.6 Å². The summed E-state index contributed by atoms with van der Waals surface area (Å²) in [5.41, 5.74) is 3.83. The van der Waals surface area contributed by atoms with Gasteiger partial charge in [0.1, 0.15) is 5.82 Å². The topological polar surface area (TPSA) is 66.0 Å². The Labute approximate surface area is 126 Å². The molecule has 4 nitrogen and oxygen atoms in total. The Kier molecular flexibility index (Phi) is 3.62. The minimum Gasteiger partial charge on any atom is -0.478 e. The van der Waals surface area contributed by atoms with Crippen LogP contribution < -0.4 is 0 Å². The summed E-state index contributed by atoms with van der Waals surface area (Å²) in [6.45, 7) is 0. The summed E-state index contributed by atoms with van der Waals surface area (Å²) in [5, 5.41) is 9.21. The molecule has 0 saturated heterocycles. The molecule has 5 heteroatoms. The molecule has 2 N–H and O–H groups in total. The van der Waals surface area contributed by atoms with Crippen molar-refractivity contribution in [3.63, 3.8) is 0 Å². The number of hydrogen-bond donors (Lipinski definition) is 2. The van der Waals surface area contributed by atoms with Gasteiger partial charge in [0.15, 0.2) is 0 Å². The molecule has 0 amide bonds. The first-order valence-corrected chi connectivity index (χ1v) is 7.05. The summed E-state index contributed by atoms with van der Waals surface area (Å²) in [6, 6.07) is 12.8. The number of halogens is 1. The van der Waals surface area contributed by atoms with E-state index in [2.05, 4.69) is 9.97 Å². The fraction of sp³-hybridized carbons (Fsp3) is 0.125. The van der Waals surface area contributed by atoms with Crippen LogP contribution in [0, 0.1) is 0 Å². The van der Waals surface area contributed by atoms with Gasteiger partial charge in [-0.3, -0.25) is 0 Å². The second-order valence-electron chi connectivity index (χ2n) is 4.81. The maximum Gasteiger partial charge on any atom is 0.335 e. The molecule has 1 heterocycles. The lowest BCUT2D eigenvalue weighted by Crippen LogP contribution is -2.03. The van der Waals surface area contributed by atoms with Crippen LogP contribution in [0.5, 0.6) is 0 Å². The maximum absolute atomic E-state index is 11.2. The van der Waals surface area contributed by atoms with E-state index < -0.39 is 5.97 Å². The molecule has 1 aromatic heterocycles. The lowest BCUT2D eigenvalue weighted by atomic mass is 10.0. The van der Waals surface area contributed by atoms with E-state index in [0.29, 0.717) is 17.9 Å². The number of nitrogens with zero attached hydrogens (tertiary/aromatic N) is 1. The third kappa shape index (κ3) is 2.76. The number of carboxylic acid groups (broad SMARTS) is 1. The van der Waals surface area contributed by atoms with Crippen molar-refractivity contribution in [2.24, 2.45) is 0 Å². The molecule has 106 valence electrons. The van der Waals surface area contributed by atoms with E-state index in [0.717, 1.165) is 28.0 Å². The van der Waals surface area contributed by atoms with Crippen LogP contribution in [-0.4, -0.2) is 21.0 Å². The molecule has 2 aromatic carbocycles. The highest BCUT2D eigenvalue weighted by Crippen LogP contribution is 2.18. The van der Waals surface area contributed by atoms with Crippen LogP contribution in [-0.2, 0) is 12.3 Å². The van der Waals surface area contributed by atoms with E-state index >= 15 is 0 Å². The van der Waals surface area contributed by atoms with E-state index in [-0.39, 0.29) is 0 Å². The number of rotatable bonds is 4. The summed E-state index contributed by atoms with van der Waals surface area (Å²) >= 11 is 5.82. The van der Waals surface area contributed by atoms with Gasteiger partial charge < -0.3 is 10.1 Å². The second kappa shape index (κ2) is 5.58. The lowest BCUT2D eigenvalue weighted by Gasteiger charge is -2.03. The second-order valence-corrected chi connectivity index (χ2v) is 5.07. The number of imidazole rings is 1. The van der Waals surface area contributed by atoms with Crippen molar-refractivity contribution in [3.8, 4) is 0 Å². The first kappa shape index (κ1) is 13.6. The number of alkyl halides is 1. The van der Waals surface area contributed by atoms with E-state index in [9.17, 15) is 9.90 Å². The normalized spacial score (nSPS) is 10.9. The van der Waals surface area contributed by atoms with Gasteiger partial charge in [-0.05, 0) is 29.3 Å². The molecule has 0 spiro atoms. The molecular formula is C16H13ClN2O2. The first-order valence-electron chi connectivity index (χ1n) is 6.52. The van der Waals surface area contributed by atoms with Crippen LogP contribution >= 0.6 is 11.6 Å². The number of benzene rings is 2. The maximum atomic E-state index is 11.2. The Balaban J connectivity index is 1.97. The van der Waals surface area contributed by atoms with Crippen LogP contribution in [0.25, 0.3) is 11.0 Å². The monoisotopic (exact) mass is 300 g/mol. The standard InChI is InChI=1S/C16H13ClN2O2/c17-9-10-5-6-13-14(7-10)19-15(18-13)8-11-3-1-2-4-12(11)16(20)21/h1-7H,8-9H2,(H,18,19)(H,20,21). The van der Waals surface area contributed by atoms with Crippen molar-refractivity contribution in [2.75, 3.05) is 0 Å². The molecule has 0 bridgehead atoms. The number of H-pyrrole nitrogens is 1. The van der Waals surface area contributed by atoms with Crippen molar-refractivity contribution in [1.29, 1.82) is 0 Å². The van der Waals surface area contributed by atoms with Crippen molar-refractivity contribution in [3.05, 3.63) is 65.0 Å². The third-order valence-corrected chi connectivity index (χ3v) is 3.66. The molecule has 0 aliphatic carbocycles. The first-order chi connectivity index (χ1) is 10.2. The summed E-state index contributed by atoms with van der Waals surface area (Å²) in [7, 11) is 0. The van der Waals surface area contributed by atoms with Crippen LogP contribution in [0.3, 0.4) is 0 Å². The van der Waals surface area contributed by atoms with Crippen LogP contribution in [0.15, 0.2) is 42.5 Å². The van der Waals surface area contributed by atoms with Crippen LogP contribution in [0.2, 0.25) is 0 Å². The van der Waals surface area contributed by atoms with E-state index in [1.54, 1.807) is 18.2 Å². The van der Waals surface area contributed by atoms with Crippen molar-refractivity contribution < 1.29 is 9.90 Å². The van der Waals surface area contributed by atoms with Gasteiger partial charge in [-0.2, -0.15) is 0 Å². The van der Waals surface area contributed by atoms with Gasteiger partial charge in [0.2, 0.25) is 0 Å². The highest BCUT2D eigenvalue weighted by Gasteiger charge is 2.11. The predicted octanol–water partition coefficient (Wildman–Crippen LogP) is 3.59. The molecule has 0 atom stereocenters. The number of carbonyl (C=O) groups is 1. The molecule has 3 rings (SSSR count). The number of aromatic carboxylic acids is 1. The molecule has 0 fully saturated rings. The SMILES string of the molecule is O=C(O)c1ccccc1Cc1nc2ccc(CCl)cc2[nH]1. The zero-order valence-corrected chi connectivity index (χ0v) is 11.9. The zero-order valence-electron chi connectivity index (χ0n) is 11.1. The van der Waals surface area contributed by atoms with Gasteiger partial charge in [-0.25, -0.2) is 9.78 Å². The molecule has 21 heavy (non-hydrogen) atoms. The van der Waals surface area contributed by atoms with Gasteiger partial charge in [-0.1, -0.05) is 24.3 Å². The smallest absolute Gasteiger partial charge is 0.335 e. The zero-order chi connectivity index (χ0) is 14.8. The molecule has 0 saturated carbocycles. The van der Waals surface area contributed by atoms with E-state index in [4.69, 9.17) is 11.6 Å². The number of carboxylic acids is 1. The highest BCUT2D eigenvalue weighted by molar-refractivity contribution is 6.17. The molecule has 0 unspecified atom stereocenters. The average molecular weight is 301 g/mol. The Morgan fingerprint density at radius 1 is 1.24 bits per heavy atom. The largest absolute Gasteiger partial charge is 0.478 e. The molecule has 3 aromatic rings. The molecule has 0 aliphatic heterocycles. The van der Waals surface area contributed by atoms with Crippen molar-refractivity contribution in [1.82, 2.24) is 9.97 Å². The van der Waals surface area contributed by atoms with E-state index in [1.807, 2.05) is 24.3 Å². The molecule has 0 radical (unpaired) electrons. The lowest BCUT2D eigenvalue weighted by molar-refractivity contribution is 0.0696. The summed E-state index contributed by atoms with van der Waals surface area (Å²) in [6.07, 6.45) is 0.452. The average Bonchev–Trinajstić information content (AvgIpc) is 2.88. The Morgan fingerprint density at radius 2 is 2.05 bits per heavy atom. The van der Waals surface area contributed by atoms with Gasteiger partial charge in [0.25, 0.3) is 0 Å². The predicted molar refractivity (Wildman–Crippen MR) is 81.9 cm³/mol. The third-order valence-electron chi connectivity index (χ3n) is 3.36. The molecular weight excluding hydrogens is 288 g/mol. The Hall–Kier alpha value is -2.33. The van der Waals surface area contributed by atoms with Gasteiger partial charge >= 0.3 is 5.97 Å². The number of aromatic amines is 1. The van der Waals surface area contributed by atoms with Crippen LogP contribution in [0.1, 0.15) is 27.3 Å². The number of fused-ring (bicyclic) bond motifs is 1. The van der Waals surface area contributed by atoms with Gasteiger partial charge in [-0.15, -0.1) is 11.6 Å². The fourth-order valence-corrected chi connectivity index (χ4v) is 2.51. The van der Waals surface area contributed by atoms with Crippen molar-refractivity contribution in [2.45, 2.75) is 12.3 Å². The van der Waals surface area contributed by atoms with Crippen molar-refractivity contribution >= 4 is 28.6 Å². The van der Waals surface area contributed by atoms with Gasteiger partial charge in [0, 0.05) is 12.3 Å². The summed E-state index contributed by atoms with van der Waals surface area (Å²) in [5.74, 6) is 0.267.